The molecule has 0 radical (unpaired) electrons. The molecule has 3 N–H and O–H groups in total. The number of halogens is 1. The molecular weight excluding hydrogens is 257 g/mol. The van der Waals surface area contributed by atoms with Crippen LogP contribution in [0.15, 0.2) is 24.3 Å². The van der Waals surface area contributed by atoms with E-state index in [1.54, 1.807) is 0 Å². The number of carboxylic acids is 2. The molecule has 19 heavy (non-hydrogen) atoms. The zero-order valence-electron chi connectivity index (χ0n) is 9.80. The van der Waals surface area contributed by atoms with Gasteiger partial charge in [-0.25, -0.2) is 9.18 Å². The van der Waals surface area contributed by atoms with E-state index < -0.39 is 36.1 Å². The van der Waals surface area contributed by atoms with Crippen LogP contribution in [-0.2, 0) is 9.59 Å². The van der Waals surface area contributed by atoms with E-state index in [4.69, 9.17) is 10.2 Å². The average Bonchev–Trinajstić information content (AvgIpc) is 2.34. The number of hydrogen-bond acceptors (Lipinski definition) is 3. The van der Waals surface area contributed by atoms with Crippen molar-refractivity contribution in [2.24, 2.45) is 0 Å². The summed E-state index contributed by atoms with van der Waals surface area (Å²) in [5.41, 5.74) is -0.288. The molecule has 0 saturated heterocycles. The van der Waals surface area contributed by atoms with Crippen LogP contribution in [0.5, 0.6) is 0 Å². The molecule has 102 valence electrons. The van der Waals surface area contributed by atoms with Crippen molar-refractivity contribution in [1.29, 1.82) is 0 Å². The van der Waals surface area contributed by atoms with E-state index in [1.807, 2.05) is 0 Å². The Morgan fingerprint density at radius 1 is 1.21 bits per heavy atom. The van der Waals surface area contributed by atoms with Gasteiger partial charge in [0.15, 0.2) is 0 Å². The largest absolute Gasteiger partial charge is 0.481 e. The zero-order chi connectivity index (χ0) is 14.4. The number of amides is 1. The SMILES string of the molecule is O=C(O)CC[C@@H](NC(=O)c1ccccc1F)C(=O)O. The summed E-state index contributed by atoms with van der Waals surface area (Å²) >= 11 is 0. The fourth-order valence-electron chi connectivity index (χ4n) is 1.41. The monoisotopic (exact) mass is 269 g/mol. The topological polar surface area (TPSA) is 104 Å². The van der Waals surface area contributed by atoms with E-state index in [2.05, 4.69) is 5.32 Å². The third kappa shape index (κ3) is 4.38. The molecule has 0 aliphatic rings. The van der Waals surface area contributed by atoms with Crippen LogP contribution in [0.4, 0.5) is 4.39 Å². The summed E-state index contributed by atoms with van der Waals surface area (Å²) in [5, 5.41) is 19.4. The van der Waals surface area contributed by atoms with Crippen LogP contribution < -0.4 is 5.32 Å². The third-order valence-corrected chi connectivity index (χ3v) is 2.37. The molecule has 1 aromatic carbocycles. The van der Waals surface area contributed by atoms with Crippen molar-refractivity contribution in [2.45, 2.75) is 18.9 Å². The highest BCUT2D eigenvalue weighted by Crippen LogP contribution is 2.07. The minimum Gasteiger partial charge on any atom is -0.481 e. The Morgan fingerprint density at radius 3 is 2.37 bits per heavy atom. The molecule has 0 fully saturated rings. The number of hydrogen-bond donors (Lipinski definition) is 3. The van der Waals surface area contributed by atoms with Gasteiger partial charge in [-0.3, -0.25) is 9.59 Å². The lowest BCUT2D eigenvalue weighted by molar-refractivity contribution is -0.140. The minimum atomic E-state index is -1.37. The van der Waals surface area contributed by atoms with Crippen LogP contribution in [0, 0.1) is 5.82 Å². The predicted octanol–water partition coefficient (Wildman–Crippen LogP) is 0.873. The summed E-state index contributed by atoms with van der Waals surface area (Å²) in [6.45, 7) is 0. The van der Waals surface area contributed by atoms with Crippen molar-refractivity contribution in [3.8, 4) is 0 Å². The first kappa shape index (κ1) is 14.6. The van der Waals surface area contributed by atoms with Gasteiger partial charge in [0.1, 0.15) is 11.9 Å². The number of rotatable bonds is 6. The smallest absolute Gasteiger partial charge is 0.326 e. The molecule has 0 aliphatic heterocycles. The summed E-state index contributed by atoms with van der Waals surface area (Å²) in [6, 6.07) is 3.74. The highest BCUT2D eigenvalue weighted by Gasteiger charge is 2.22. The molecule has 1 aromatic rings. The number of carbonyl (C=O) groups excluding carboxylic acids is 1. The van der Waals surface area contributed by atoms with Gasteiger partial charge in [0.05, 0.1) is 5.56 Å². The Morgan fingerprint density at radius 2 is 1.84 bits per heavy atom. The normalized spacial score (nSPS) is 11.6. The van der Waals surface area contributed by atoms with Crippen molar-refractivity contribution in [3.05, 3.63) is 35.6 Å². The molecule has 0 heterocycles. The van der Waals surface area contributed by atoms with Gasteiger partial charge >= 0.3 is 11.9 Å². The van der Waals surface area contributed by atoms with E-state index in [9.17, 15) is 18.8 Å². The van der Waals surface area contributed by atoms with Crippen LogP contribution in [0.1, 0.15) is 23.2 Å². The summed E-state index contributed by atoms with van der Waals surface area (Å²) in [5.74, 6) is -4.21. The second-order valence-corrected chi connectivity index (χ2v) is 3.78. The number of nitrogens with one attached hydrogen (secondary N) is 1. The molecule has 0 spiro atoms. The number of benzene rings is 1. The molecular formula is C12H12FNO5. The molecule has 1 amide bonds. The number of carboxylic acid groups (broad SMARTS) is 2. The second kappa shape index (κ2) is 6.48. The summed E-state index contributed by atoms with van der Waals surface area (Å²) < 4.78 is 13.3. The lowest BCUT2D eigenvalue weighted by Gasteiger charge is -2.13. The van der Waals surface area contributed by atoms with Gasteiger partial charge in [-0.2, -0.15) is 0 Å². The Bertz CT molecular complexity index is 503. The molecule has 1 atom stereocenters. The Labute approximate surface area is 107 Å². The number of carbonyl (C=O) groups is 3. The van der Waals surface area contributed by atoms with Crippen LogP contribution in [-0.4, -0.2) is 34.1 Å². The van der Waals surface area contributed by atoms with Crippen molar-refractivity contribution in [2.75, 3.05) is 0 Å². The first-order valence-corrected chi connectivity index (χ1v) is 5.42. The highest BCUT2D eigenvalue weighted by atomic mass is 19.1. The van der Waals surface area contributed by atoms with Gasteiger partial charge in [0, 0.05) is 6.42 Å². The quantitative estimate of drug-likeness (QED) is 0.711. The standard InChI is InChI=1S/C12H12FNO5/c13-8-4-2-1-3-7(8)11(17)14-9(12(18)19)5-6-10(15)16/h1-4,9H,5-6H2,(H,14,17)(H,15,16)(H,18,19)/t9-/m1/s1. The molecule has 0 aromatic heterocycles. The van der Waals surface area contributed by atoms with Crippen molar-refractivity contribution in [1.82, 2.24) is 5.32 Å². The predicted molar refractivity (Wildman–Crippen MR) is 62.2 cm³/mol. The van der Waals surface area contributed by atoms with Gasteiger partial charge < -0.3 is 15.5 Å². The van der Waals surface area contributed by atoms with Gasteiger partial charge in [-0.05, 0) is 18.6 Å². The van der Waals surface area contributed by atoms with Gasteiger partial charge in [-0.1, -0.05) is 12.1 Å². The van der Waals surface area contributed by atoms with E-state index in [0.29, 0.717) is 0 Å². The van der Waals surface area contributed by atoms with E-state index >= 15 is 0 Å². The van der Waals surface area contributed by atoms with Gasteiger partial charge in [-0.15, -0.1) is 0 Å². The molecule has 0 bridgehead atoms. The van der Waals surface area contributed by atoms with Crippen LogP contribution in [0.25, 0.3) is 0 Å². The van der Waals surface area contributed by atoms with E-state index in [1.165, 1.54) is 18.2 Å². The fourth-order valence-corrected chi connectivity index (χ4v) is 1.41. The highest BCUT2D eigenvalue weighted by molar-refractivity contribution is 5.96. The van der Waals surface area contributed by atoms with Crippen LogP contribution in [0.2, 0.25) is 0 Å². The average molecular weight is 269 g/mol. The van der Waals surface area contributed by atoms with Crippen LogP contribution in [0.3, 0.4) is 0 Å². The molecule has 1 rings (SSSR count). The zero-order valence-corrected chi connectivity index (χ0v) is 9.80. The van der Waals surface area contributed by atoms with E-state index in [0.717, 1.165) is 6.07 Å². The maximum Gasteiger partial charge on any atom is 0.326 e. The molecule has 0 aliphatic carbocycles. The molecule has 0 saturated carbocycles. The minimum absolute atomic E-state index is 0.273. The Kier molecular flexibility index (Phi) is 4.99. The molecule has 0 unspecified atom stereocenters. The maximum absolute atomic E-state index is 13.3. The van der Waals surface area contributed by atoms with Crippen molar-refractivity contribution >= 4 is 17.8 Å². The molecule has 7 heteroatoms. The first-order valence-electron chi connectivity index (χ1n) is 5.42. The summed E-state index contributed by atoms with van der Waals surface area (Å²) in [7, 11) is 0. The first-order chi connectivity index (χ1) is 8.91. The Balaban J connectivity index is 2.74. The van der Waals surface area contributed by atoms with Gasteiger partial charge in [0.25, 0.3) is 5.91 Å². The van der Waals surface area contributed by atoms with Crippen LogP contribution >= 0.6 is 0 Å². The fraction of sp³-hybridized carbons (Fsp3) is 0.250. The lowest BCUT2D eigenvalue weighted by atomic mass is 10.1. The molecule has 6 nitrogen and oxygen atoms in total. The summed E-state index contributed by atoms with van der Waals surface area (Å²) in [6.07, 6.45) is -0.681. The number of aliphatic carboxylic acids is 2. The van der Waals surface area contributed by atoms with Gasteiger partial charge in [0.2, 0.25) is 0 Å². The third-order valence-electron chi connectivity index (χ3n) is 2.37. The second-order valence-electron chi connectivity index (χ2n) is 3.78. The maximum atomic E-state index is 13.3. The summed E-state index contributed by atoms with van der Waals surface area (Å²) in [4.78, 5) is 32.9. The lowest BCUT2D eigenvalue weighted by Crippen LogP contribution is -2.41. The Hall–Kier alpha value is -2.44. The van der Waals surface area contributed by atoms with Crippen molar-refractivity contribution in [3.63, 3.8) is 0 Å². The van der Waals surface area contributed by atoms with E-state index in [-0.39, 0.29) is 12.0 Å². The van der Waals surface area contributed by atoms with Crippen molar-refractivity contribution < 1.29 is 29.0 Å².